The zero-order valence-electron chi connectivity index (χ0n) is 17.5. The lowest BCUT2D eigenvalue weighted by molar-refractivity contribution is -0.384. The third-order valence-corrected chi connectivity index (χ3v) is 6.59. The molecule has 0 saturated carbocycles. The van der Waals surface area contributed by atoms with Crippen molar-refractivity contribution in [1.29, 1.82) is 0 Å². The van der Waals surface area contributed by atoms with Crippen LogP contribution in [0.25, 0.3) is 0 Å². The predicted octanol–water partition coefficient (Wildman–Crippen LogP) is 2.41. The lowest BCUT2D eigenvalue weighted by atomic mass is 9.73. The minimum Gasteiger partial charge on any atom is -0.381 e. The Hall–Kier alpha value is -3.05. The van der Waals surface area contributed by atoms with E-state index < -0.39 is 26.0 Å². The van der Waals surface area contributed by atoms with E-state index in [1.165, 1.54) is 24.3 Å². The highest BCUT2D eigenvalue weighted by Gasteiger charge is 2.41. The monoisotopic (exact) mass is 465 g/mol. The zero-order chi connectivity index (χ0) is 23.4. The summed E-state index contributed by atoms with van der Waals surface area (Å²) in [6, 6.07) is 9.57. The van der Waals surface area contributed by atoms with Crippen LogP contribution in [0.3, 0.4) is 0 Å². The number of benzene rings is 2. The minimum absolute atomic E-state index is 0.141. The van der Waals surface area contributed by atoms with E-state index in [0.717, 1.165) is 12.3 Å². The van der Waals surface area contributed by atoms with Crippen LogP contribution >= 0.6 is 0 Å². The zero-order valence-corrected chi connectivity index (χ0v) is 18.3. The SMILES string of the molecule is CS(=O)(=O)c1ccc(NCCNC(=O)C2(c3cccc(F)c3)CCOCC2)c([N+](=O)[O-])c1. The van der Waals surface area contributed by atoms with Crippen LogP contribution in [0.4, 0.5) is 15.8 Å². The smallest absolute Gasteiger partial charge is 0.293 e. The number of carbonyl (C=O) groups excluding carboxylic acids is 1. The van der Waals surface area contributed by atoms with E-state index in [0.29, 0.717) is 31.6 Å². The van der Waals surface area contributed by atoms with Crippen LogP contribution in [0.2, 0.25) is 0 Å². The summed E-state index contributed by atoms with van der Waals surface area (Å²) in [5.74, 6) is -0.692. The summed E-state index contributed by atoms with van der Waals surface area (Å²) >= 11 is 0. The first-order valence-corrected chi connectivity index (χ1v) is 11.9. The van der Waals surface area contributed by atoms with Crippen molar-refractivity contribution in [3.05, 3.63) is 64.0 Å². The van der Waals surface area contributed by atoms with E-state index in [4.69, 9.17) is 4.74 Å². The number of nitrogens with zero attached hydrogens (tertiary/aromatic N) is 1. The first-order chi connectivity index (χ1) is 15.1. The quantitative estimate of drug-likeness (QED) is 0.348. The molecule has 0 radical (unpaired) electrons. The van der Waals surface area contributed by atoms with Gasteiger partial charge in [-0.1, -0.05) is 12.1 Å². The summed E-state index contributed by atoms with van der Waals surface area (Å²) in [5, 5.41) is 17.0. The Balaban J connectivity index is 1.68. The van der Waals surface area contributed by atoms with Gasteiger partial charge in [0.25, 0.3) is 5.69 Å². The maximum Gasteiger partial charge on any atom is 0.293 e. The number of hydrogen-bond donors (Lipinski definition) is 2. The largest absolute Gasteiger partial charge is 0.381 e. The van der Waals surface area contributed by atoms with Crippen LogP contribution in [0.15, 0.2) is 47.4 Å². The first-order valence-electron chi connectivity index (χ1n) is 9.98. The average Bonchev–Trinajstić information content (AvgIpc) is 2.76. The van der Waals surface area contributed by atoms with Gasteiger partial charge in [0.2, 0.25) is 5.91 Å². The minimum atomic E-state index is -3.59. The molecule has 2 aromatic rings. The second kappa shape index (κ2) is 9.61. The van der Waals surface area contributed by atoms with E-state index in [1.54, 1.807) is 12.1 Å². The number of ether oxygens (including phenoxy) is 1. The number of nitro groups is 1. The Kier molecular flexibility index (Phi) is 7.09. The lowest BCUT2D eigenvalue weighted by Crippen LogP contribution is -2.49. The molecule has 32 heavy (non-hydrogen) atoms. The predicted molar refractivity (Wildman–Crippen MR) is 116 cm³/mol. The normalized spacial score (nSPS) is 15.7. The number of nitro benzene ring substituents is 1. The highest BCUT2D eigenvalue weighted by Crippen LogP contribution is 2.35. The molecule has 0 aliphatic carbocycles. The van der Waals surface area contributed by atoms with Crippen molar-refractivity contribution in [2.24, 2.45) is 0 Å². The lowest BCUT2D eigenvalue weighted by Gasteiger charge is -2.36. The molecule has 1 amide bonds. The van der Waals surface area contributed by atoms with Crippen molar-refractivity contribution in [2.45, 2.75) is 23.2 Å². The number of rotatable bonds is 8. The molecule has 3 rings (SSSR count). The number of nitrogens with one attached hydrogen (secondary N) is 2. The molecule has 1 fully saturated rings. The molecule has 0 bridgehead atoms. The van der Waals surface area contributed by atoms with Crippen molar-refractivity contribution in [3.63, 3.8) is 0 Å². The van der Waals surface area contributed by atoms with Gasteiger partial charge in [0, 0.05) is 38.6 Å². The van der Waals surface area contributed by atoms with Gasteiger partial charge in [-0.15, -0.1) is 0 Å². The van der Waals surface area contributed by atoms with E-state index in [9.17, 15) is 27.7 Å². The molecule has 2 N–H and O–H groups in total. The first kappa shape index (κ1) is 23.6. The molecule has 1 aliphatic rings. The molecule has 0 aromatic heterocycles. The molecule has 0 unspecified atom stereocenters. The van der Waals surface area contributed by atoms with Gasteiger partial charge in [-0.25, -0.2) is 12.8 Å². The standard InChI is InChI=1S/C21H24FN3O6S/c1-32(29,30)17-5-6-18(19(14-17)25(27)28)23-9-10-24-20(26)21(7-11-31-12-8-21)15-3-2-4-16(22)13-15/h2-6,13-14,23H,7-12H2,1H3,(H,24,26). The molecule has 172 valence electrons. The van der Waals surface area contributed by atoms with Gasteiger partial charge in [-0.2, -0.15) is 0 Å². The van der Waals surface area contributed by atoms with Crippen molar-refractivity contribution >= 4 is 27.1 Å². The number of amides is 1. The van der Waals surface area contributed by atoms with E-state index in [1.807, 2.05) is 0 Å². The second-order valence-corrected chi connectivity index (χ2v) is 9.61. The highest BCUT2D eigenvalue weighted by atomic mass is 32.2. The molecule has 1 saturated heterocycles. The molecule has 0 atom stereocenters. The summed E-state index contributed by atoms with van der Waals surface area (Å²) in [7, 11) is -3.59. The molecule has 9 nitrogen and oxygen atoms in total. The fourth-order valence-corrected chi connectivity index (χ4v) is 4.38. The molecule has 0 spiro atoms. The molecule has 1 heterocycles. The Morgan fingerprint density at radius 1 is 1.19 bits per heavy atom. The third-order valence-electron chi connectivity index (χ3n) is 5.48. The summed E-state index contributed by atoms with van der Waals surface area (Å²) in [5.41, 5.74) is -0.565. The molecular formula is C21H24FN3O6S. The number of halogens is 1. The summed E-state index contributed by atoms with van der Waals surface area (Å²) in [6.07, 6.45) is 1.79. The topological polar surface area (TPSA) is 128 Å². The third kappa shape index (κ3) is 5.22. The molecule has 1 aliphatic heterocycles. The van der Waals surface area contributed by atoms with Gasteiger partial charge in [0.15, 0.2) is 9.84 Å². The summed E-state index contributed by atoms with van der Waals surface area (Å²) in [6.45, 7) is 1.07. The van der Waals surface area contributed by atoms with E-state index in [2.05, 4.69) is 10.6 Å². The fourth-order valence-electron chi connectivity index (χ4n) is 3.74. The molecule has 11 heteroatoms. The van der Waals surface area contributed by atoms with Crippen molar-refractivity contribution < 1.29 is 27.3 Å². The average molecular weight is 466 g/mol. The van der Waals surface area contributed by atoms with Crippen LogP contribution in [-0.2, 0) is 24.8 Å². The van der Waals surface area contributed by atoms with Gasteiger partial charge in [-0.3, -0.25) is 14.9 Å². The molecular weight excluding hydrogens is 441 g/mol. The highest BCUT2D eigenvalue weighted by molar-refractivity contribution is 7.90. The van der Waals surface area contributed by atoms with Crippen molar-refractivity contribution in [2.75, 3.05) is 37.9 Å². The second-order valence-electron chi connectivity index (χ2n) is 7.60. The van der Waals surface area contributed by atoms with Crippen LogP contribution in [0.1, 0.15) is 18.4 Å². The van der Waals surface area contributed by atoms with Gasteiger partial charge >= 0.3 is 0 Å². The van der Waals surface area contributed by atoms with Crippen LogP contribution in [-0.4, -0.2) is 51.8 Å². The summed E-state index contributed by atoms with van der Waals surface area (Å²) in [4.78, 5) is 23.6. The Bertz CT molecular complexity index is 1120. The van der Waals surface area contributed by atoms with Gasteiger partial charge in [0.05, 0.1) is 15.2 Å². The number of carbonyl (C=O) groups is 1. The van der Waals surface area contributed by atoms with E-state index in [-0.39, 0.29) is 35.3 Å². The molecule has 2 aromatic carbocycles. The maximum absolute atomic E-state index is 13.8. The van der Waals surface area contributed by atoms with Crippen LogP contribution in [0, 0.1) is 15.9 Å². The number of anilines is 1. The van der Waals surface area contributed by atoms with Crippen LogP contribution in [0.5, 0.6) is 0 Å². The van der Waals surface area contributed by atoms with Gasteiger partial charge in [-0.05, 0) is 42.7 Å². The Labute approximate surface area is 185 Å². The van der Waals surface area contributed by atoms with Crippen molar-refractivity contribution in [3.8, 4) is 0 Å². The van der Waals surface area contributed by atoms with Crippen molar-refractivity contribution in [1.82, 2.24) is 5.32 Å². The van der Waals surface area contributed by atoms with E-state index >= 15 is 0 Å². The Morgan fingerprint density at radius 3 is 2.53 bits per heavy atom. The Morgan fingerprint density at radius 2 is 1.91 bits per heavy atom. The van der Waals surface area contributed by atoms with Gasteiger partial charge < -0.3 is 15.4 Å². The number of sulfone groups is 1. The summed E-state index contributed by atoms with van der Waals surface area (Å²) < 4.78 is 42.5. The maximum atomic E-state index is 13.8. The number of hydrogen-bond acceptors (Lipinski definition) is 7. The van der Waals surface area contributed by atoms with Gasteiger partial charge in [0.1, 0.15) is 11.5 Å². The fraction of sp³-hybridized carbons (Fsp3) is 0.381. The van der Waals surface area contributed by atoms with Crippen LogP contribution < -0.4 is 10.6 Å².